The van der Waals surface area contributed by atoms with Gasteiger partial charge >= 0.3 is 17.9 Å². The van der Waals surface area contributed by atoms with Gasteiger partial charge < -0.3 is 14.6 Å². The Morgan fingerprint density at radius 1 is 0.641 bits per heavy atom. The Morgan fingerprint density at radius 2 is 1.10 bits per heavy atom. The van der Waals surface area contributed by atoms with E-state index < -0.39 is 41.9 Å². The van der Waals surface area contributed by atoms with E-state index in [9.17, 15) is 29.1 Å². The van der Waals surface area contributed by atoms with Crippen LogP contribution in [0.25, 0.3) is 0 Å². The molecule has 0 aliphatic rings. The third kappa shape index (κ3) is 8.08. The number of carboxylic acids is 1. The molecule has 10 nitrogen and oxygen atoms in total. The van der Waals surface area contributed by atoms with Gasteiger partial charge in [0.15, 0.2) is 0 Å². The maximum absolute atomic E-state index is 13.0. The van der Waals surface area contributed by atoms with Gasteiger partial charge in [0.25, 0.3) is 11.8 Å². The average Bonchev–Trinajstić information content (AvgIpc) is 2.89. The molecule has 2 amide bonds. The largest absolute Gasteiger partial charge is 0.478 e. The summed E-state index contributed by atoms with van der Waals surface area (Å²) in [7, 11) is 0. The highest BCUT2D eigenvalue weighted by molar-refractivity contribution is 6.36. The molecule has 0 bridgehead atoms. The van der Waals surface area contributed by atoms with Gasteiger partial charge in [-0.15, -0.1) is 0 Å². The third-order valence-corrected chi connectivity index (χ3v) is 5.93. The lowest BCUT2D eigenvalue weighted by Crippen LogP contribution is -2.54. The van der Waals surface area contributed by atoms with Crippen LogP contribution in [0, 0.1) is 0 Å². The zero-order chi connectivity index (χ0) is 28.7. The lowest BCUT2D eigenvalue weighted by atomic mass is 10.1. The number of carbonyl (C=O) groups is 5. The number of ether oxygens (including phenoxy) is 2. The van der Waals surface area contributed by atoms with Crippen LogP contribution in [-0.2, 0) is 19.1 Å². The molecule has 202 valence electrons. The van der Waals surface area contributed by atoms with Crippen molar-refractivity contribution in [1.82, 2.24) is 10.9 Å². The average molecular weight is 614 g/mol. The highest BCUT2D eigenvalue weighted by Gasteiger charge is 2.41. The van der Waals surface area contributed by atoms with E-state index in [1.165, 1.54) is 66.7 Å². The van der Waals surface area contributed by atoms with Crippen LogP contribution in [-0.4, -0.2) is 47.0 Å². The van der Waals surface area contributed by atoms with Crippen LogP contribution in [0.15, 0.2) is 66.7 Å². The fourth-order valence-electron chi connectivity index (χ4n) is 2.96. The van der Waals surface area contributed by atoms with Gasteiger partial charge in [-0.2, -0.15) is 0 Å². The summed E-state index contributed by atoms with van der Waals surface area (Å²) in [5.74, 6) is -6.37. The second-order valence-corrected chi connectivity index (χ2v) is 9.29. The summed E-state index contributed by atoms with van der Waals surface area (Å²) in [5.41, 5.74) is 3.69. The molecule has 3 aromatic rings. The Bertz CT molecular complexity index is 1410. The molecule has 3 rings (SSSR count). The highest BCUT2D eigenvalue weighted by Crippen LogP contribution is 2.21. The maximum Gasteiger partial charge on any atom is 0.349 e. The summed E-state index contributed by atoms with van der Waals surface area (Å²) in [6, 6.07) is 14.4. The van der Waals surface area contributed by atoms with Crippen molar-refractivity contribution in [3.05, 3.63) is 104 Å². The van der Waals surface area contributed by atoms with E-state index in [-0.39, 0.29) is 26.7 Å². The number of hydrazine groups is 1. The number of benzene rings is 3. The van der Waals surface area contributed by atoms with E-state index in [4.69, 9.17) is 55.9 Å². The minimum atomic E-state index is -2.33. The summed E-state index contributed by atoms with van der Waals surface area (Å²) in [4.78, 5) is 62.9. The van der Waals surface area contributed by atoms with Gasteiger partial charge in [0.2, 0.25) is 12.2 Å². The normalized spacial score (nSPS) is 12.0. The van der Waals surface area contributed by atoms with Gasteiger partial charge in [-0.1, -0.05) is 46.4 Å². The molecule has 3 N–H and O–H groups in total. The number of carboxylic acid groups (broad SMARTS) is 1. The zero-order valence-electron chi connectivity index (χ0n) is 19.3. The molecular formula is C25H16Cl4N2O8. The molecule has 0 saturated carbocycles. The summed E-state index contributed by atoms with van der Waals surface area (Å²) < 4.78 is 10.1. The van der Waals surface area contributed by atoms with Gasteiger partial charge in [-0.3, -0.25) is 20.4 Å². The van der Waals surface area contributed by atoms with Gasteiger partial charge in [-0.05, 0) is 66.7 Å². The molecule has 0 aliphatic carbocycles. The lowest BCUT2D eigenvalue weighted by molar-refractivity contribution is -0.159. The quantitative estimate of drug-likeness (QED) is 0.247. The predicted octanol–water partition coefficient (Wildman–Crippen LogP) is 4.60. The van der Waals surface area contributed by atoms with Crippen LogP contribution in [0.3, 0.4) is 0 Å². The Balaban J connectivity index is 1.85. The number of rotatable bonds is 8. The number of nitrogens with one attached hydrogen (secondary N) is 2. The molecule has 2 atom stereocenters. The van der Waals surface area contributed by atoms with E-state index in [1.54, 1.807) is 0 Å². The van der Waals surface area contributed by atoms with Crippen LogP contribution in [0.2, 0.25) is 20.1 Å². The fraction of sp³-hybridized carbons (Fsp3) is 0.0800. The first-order valence-electron chi connectivity index (χ1n) is 10.7. The molecule has 0 heterocycles. The van der Waals surface area contributed by atoms with Crippen LogP contribution >= 0.6 is 46.4 Å². The maximum atomic E-state index is 13.0. The molecule has 0 spiro atoms. The van der Waals surface area contributed by atoms with Gasteiger partial charge in [0, 0.05) is 15.1 Å². The van der Waals surface area contributed by atoms with Crippen LogP contribution in [0.5, 0.6) is 0 Å². The molecule has 0 aromatic heterocycles. The van der Waals surface area contributed by atoms with Crippen molar-refractivity contribution in [3.8, 4) is 0 Å². The van der Waals surface area contributed by atoms with E-state index in [0.717, 1.165) is 0 Å². The van der Waals surface area contributed by atoms with Crippen molar-refractivity contribution < 1.29 is 38.6 Å². The molecule has 0 aliphatic heterocycles. The minimum absolute atomic E-state index is 0.0414. The Hall–Kier alpha value is -3.83. The van der Waals surface area contributed by atoms with E-state index in [0.29, 0.717) is 10.0 Å². The summed E-state index contributed by atoms with van der Waals surface area (Å²) in [6.07, 6.45) is -4.59. The second-order valence-electron chi connectivity index (χ2n) is 7.57. The Labute approximate surface area is 240 Å². The molecule has 14 heteroatoms. The van der Waals surface area contributed by atoms with Gasteiger partial charge in [-0.25, -0.2) is 14.4 Å². The summed E-state index contributed by atoms with van der Waals surface area (Å²) >= 11 is 23.4. The number of esters is 2. The number of hydrogen-bond acceptors (Lipinski definition) is 7. The number of carbonyl (C=O) groups excluding carboxylic acids is 4. The number of aliphatic carboxylic acids is 1. The van der Waals surface area contributed by atoms with E-state index in [2.05, 4.69) is 0 Å². The fourth-order valence-corrected chi connectivity index (χ4v) is 3.71. The lowest BCUT2D eigenvalue weighted by Gasteiger charge is -2.23. The SMILES string of the molecule is O=C(O[C@@H](C(=O)O)[C@@H](OC(=O)c1ccc(Cl)cc1)C(=O)NNC(=O)c1ccc(Cl)cc1Cl)c1ccc(Cl)cc1. The van der Waals surface area contributed by atoms with Gasteiger partial charge in [0.05, 0.1) is 21.7 Å². The molecule has 3 aromatic carbocycles. The van der Waals surface area contributed by atoms with Gasteiger partial charge in [0.1, 0.15) is 0 Å². The first-order valence-corrected chi connectivity index (χ1v) is 12.2. The van der Waals surface area contributed by atoms with E-state index in [1.807, 2.05) is 10.9 Å². The standard InChI is InChI=1S/C25H16Cl4N2O8/c26-14-5-1-12(2-6-14)24(36)38-19(20(23(34)35)39-25(37)13-3-7-15(27)8-4-13)22(33)31-30-21(32)17-10-9-16(28)11-18(17)29/h1-11,19-20H,(H,30,32)(H,31,33)(H,34,35)/t19-,20-/m1/s1. The zero-order valence-corrected chi connectivity index (χ0v) is 22.3. The first kappa shape index (κ1) is 29.7. The number of halogens is 4. The predicted molar refractivity (Wildman–Crippen MR) is 141 cm³/mol. The number of amides is 2. The van der Waals surface area contributed by atoms with Crippen LogP contribution < -0.4 is 10.9 Å². The smallest absolute Gasteiger partial charge is 0.349 e. The monoisotopic (exact) mass is 612 g/mol. The molecule has 0 unspecified atom stereocenters. The molecule has 0 radical (unpaired) electrons. The Morgan fingerprint density at radius 3 is 1.56 bits per heavy atom. The second kappa shape index (κ2) is 13.3. The van der Waals surface area contributed by atoms with Crippen LogP contribution in [0.1, 0.15) is 31.1 Å². The van der Waals surface area contributed by atoms with Crippen molar-refractivity contribution in [2.75, 3.05) is 0 Å². The highest BCUT2D eigenvalue weighted by atomic mass is 35.5. The molecule has 0 fully saturated rings. The summed E-state index contributed by atoms with van der Waals surface area (Å²) in [5, 5.41) is 10.6. The van der Waals surface area contributed by atoms with Crippen molar-refractivity contribution in [2.45, 2.75) is 12.2 Å². The topological polar surface area (TPSA) is 148 Å². The molecular weight excluding hydrogens is 598 g/mol. The van der Waals surface area contributed by atoms with Crippen molar-refractivity contribution >= 4 is 76.1 Å². The summed E-state index contributed by atoms with van der Waals surface area (Å²) in [6.45, 7) is 0. The molecule has 0 saturated heterocycles. The van der Waals surface area contributed by atoms with Crippen LogP contribution in [0.4, 0.5) is 0 Å². The van der Waals surface area contributed by atoms with E-state index >= 15 is 0 Å². The third-order valence-electron chi connectivity index (χ3n) is 4.88. The number of hydrogen-bond donors (Lipinski definition) is 3. The van der Waals surface area contributed by atoms with Crippen molar-refractivity contribution in [3.63, 3.8) is 0 Å². The van der Waals surface area contributed by atoms with Crippen molar-refractivity contribution in [2.24, 2.45) is 0 Å². The first-order chi connectivity index (χ1) is 18.5. The molecule has 39 heavy (non-hydrogen) atoms. The van der Waals surface area contributed by atoms with Crippen molar-refractivity contribution in [1.29, 1.82) is 0 Å². The Kier molecular flexibility index (Phi) is 10.1. The minimum Gasteiger partial charge on any atom is -0.478 e.